The summed E-state index contributed by atoms with van der Waals surface area (Å²) in [5.41, 5.74) is 1.04. The van der Waals surface area contributed by atoms with Crippen molar-refractivity contribution in [2.45, 2.75) is 64.2 Å². The number of carbonyl (C=O) groups is 1. The van der Waals surface area contributed by atoms with Crippen LogP contribution in [0.1, 0.15) is 80.3 Å². The van der Waals surface area contributed by atoms with Crippen molar-refractivity contribution in [3.63, 3.8) is 0 Å². The molecule has 0 saturated heterocycles. The van der Waals surface area contributed by atoms with E-state index >= 15 is 0 Å². The Labute approximate surface area is 164 Å². The van der Waals surface area contributed by atoms with Crippen molar-refractivity contribution in [2.24, 2.45) is 11.8 Å². The van der Waals surface area contributed by atoms with E-state index in [1.807, 2.05) is 6.92 Å². The van der Waals surface area contributed by atoms with Gasteiger partial charge in [-0.2, -0.15) is 0 Å². The fourth-order valence-electron chi connectivity index (χ4n) is 5.09. The van der Waals surface area contributed by atoms with E-state index in [9.17, 15) is 13.6 Å². The summed E-state index contributed by atoms with van der Waals surface area (Å²) in [4.78, 5) is 16.7. The average molecular weight is 387 g/mol. The molecule has 0 spiro atoms. The molecule has 0 amide bonds. The highest BCUT2D eigenvalue weighted by molar-refractivity contribution is 5.93. The first-order valence-electron chi connectivity index (χ1n) is 10.5. The molecule has 3 nitrogen and oxygen atoms in total. The van der Waals surface area contributed by atoms with Crippen molar-refractivity contribution in [2.75, 3.05) is 6.61 Å². The van der Waals surface area contributed by atoms with Crippen LogP contribution in [0.15, 0.2) is 18.2 Å². The predicted molar refractivity (Wildman–Crippen MR) is 104 cm³/mol. The fourth-order valence-corrected chi connectivity index (χ4v) is 5.09. The van der Waals surface area contributed by atoms with E-state index in [2.05, 4.69) is 4.98 Å². The summed E-state index contributed by atoms with van der Waals surface area (Å²) in [5, 5.41) is 0.492. The number of ether oxygens (including phenoxy) is 1. The van der Waals surface area contributed by atoms with Crippen LogP contribution in [0, 0.1) is 23.5 Å². The number of hydrogen-bond donors (Lipinski definition) is 0. The third-order valence-corrected chi connectivity index (χ3v) is 6.48. The first-order chi connectivity index (χ1) is 13.6. The highest BCUT2D eigenvalue weighted by Crippen LogP contribution is 2.50. The quantitative estimate of drug-likeness (QED) is 0.456. The van der Waals surface area contributed by atoms with Gasteiger partial charge in [-0.15, -0.1) is 0 Å². The summed E-state index contributed by atoms with van der Waals surface area (Å²) in [6, 6.07) is 3.91. The highest BCUT2D eigenvalue weighted by Gasteiger charge is 2.37. The molecule has 0 aliphatic heterocycles. The van der Waals surface area contributed by atoms with Crippen LogP contribution in [0.25, 0.3) is 10.9 Å². The number of halogens is 2. The van der Waals surface area contributed by atoms with Crippen molar-refractivity contribution in [3.05, 3.63) is 41.1 Å². The largest absolute Gasteiger partial charge is 0.461 e. The minimum atomic E-state index is -0.727. The number of esters is 1. The molecule has 1 heterocycles. The van der Waals surface area contributed by atoms with E-state index in [-0.39, 0.29) is 17.1 Å². The van der Waals surface area contributed by atoms with Crippen LogP contribution < -0.4 is 0 Å². The number of pyridine rings is 1. The smallest absolute Gasteiger partial charge is 0.356 e. The van der Waals surface area contributed by atoms with Crippen molar-refractivity contribution in [3.8, 4) is 0 Å². The minimum Gasteiger partial charge on any atom is -0.461 e. The van der Waals surface area contributed by atoms with Crippen LogP contribution in [0.3, 0.4) is 0 Å². The third kappa shape index (κ3) is 3.76. The van der Waals surface area contributed by atoms with Crippen molar-refractivity contribution >= 4 is 16.9 Å². The van der Waals surface area contributed by atoms with E-state index in [1.54, 1.807) is 6.07 Å². The molecule has 2 aliphatic rings. The molecule has 2 aliphatic carbocycles. The fraction of sp³-hybridized carbons (Fsp3) is 0.565. The Morgan fingerprint density at radius 1 is 1.14 bits per heavy atom. The van der Waals surface area contributed by atoms with E-state index in [1.165, 1.54) is 31.7 Å². The molecule has 2 fully saturated rings. The van der Waals surface area contributed by atoms with E-state index in [4.69, 9.17) is 4.74 Å². The monoisotopic (exact) mass is 387 g/mol. The van der Waals surface area contributed by atoms with E-state index < -0.39 is 17.6 Å². The lowest BCUT2D eigenvalue weighted by atomic mass is 9.82. The number of carbonyl (C=O) groups excluding carboxylic acids is 1. The molecule has 0 radical (unpaired) electrons. The van der Waals surface area contributed by atoms with Crippen LogP contribution in [0.2, 0.25) is 0 Å². The van der Waals surface area contributed by atoms with Crippen molar-refractivity contribution in [1.82, 2.24) is 4.98 Å². The molecule has 4 rings (SSSR count). The zero-order valence-corrected chi connectivity index (χ0v) is 16.3. The Bertz CT molecular complexity index is 869. The lowest BCUT2D eigenvalue weighted by Gasteiger charge is -2.24. The second-order valence-corrected chi connectivity index (χ2v) is 8.34. The third-order valence-electron chi connectivity index (χ3n) is 6.48. The summed E-state index contributed by atoms with van der Waals surface area (Å²) in [6.45, 7) is 2.34. The van der Waals surface area contributed by atoms with Crippen molar-refractivity contribution < 1.29 is 18.3 Å². The molecule has 0 N–H and O–H groups in total. The number of aromatic nitrogens is 1. The molecule has 0 bridgehead atoms. The topological polar surface area (TPSA) is 39.2 Å². The molecule has 5 heteroatoms. The molecule has 1 aromatic heterocycles. The zero-order chi connectivity index (χ0) is 19.7. The zero-order valence-electron chi connectivity index (χ0n) is 16.3. The Morgan fingerprint density at radius 2 is 1.86 bits per heavy atom. The maximum absolute atomic E-state index is 14.5. The lowest BCUT2D eigenvalue weighted by molar-refractivity contribution is 0.0493. The molecule has 1 unspecified atom stereocenters. The Kier molecular flexibility index (Phi) is 5.61. The molecule has 2 saturated carbocycles. The number of unbranched alkanes of at least 4 members (excludes halogenated alkanes) is 1. The lowest BCUT2D eigenvalue weighted by Crippen LogP contribution is -2.12. The molecular formula is C23H27F2NO2. The van der Waals surface area contributed by atoms with Gasteiger partial charge in [0, 0.05) is 11.5 Å². The normalized spacial score (nSPS) is 24.3. The first-order valence-corrected chi connectivity index (χ1v) is 10.5. The van der Waals surface area contributed by atoms with Crippen molar-refractivity contribution in [1.29, 1.82) is 0 Å². The average Bonchev–Trinajstić information content (AvgIpc) is 3.11. The minimum absolute atomic E-state index is 0.0659. The number of fused-ring (bicyclic) bond motifs is 2. The van der Waals surface area contributed by atoms with Gasteiger partial charge >= 0.3 is 5.97 Å². The van der Waals surface area contributed by atoms with E-state index in [0.29, 0.717) is 23.8 Å². The summed E-state index contributed by atoms with van der Waals surface area (Å²) < 4.78 is 33.8. The van der Waals surface area contributed by atoms with Gasteiger partial charge in [-0.3, -0.25) is 0 Å². The number of benzene rings is 1. The van der Waals surface area contributed by atoms with Gasteiger partial charge in [-0.05, 0) is 54.7 Å². The summed E-state index contributed by atoms with van der Waals surface area (Å²) in [6.07, 6.45) is 8.74. The standard InChI is InChI=1S/C23H27F2NO2/c1-2-3-8-28-23(27)21-13-18(16-9-14-6-4-5-7-15(14)10-16)19-11-17(24)12-20(25)22(19)26-21/h11-16H,2-10H2,1H3/t14-,15+,16?. The number of hydrogen-bond acceptors (Lipinski definition) is 3. The van der Waals surface area contributed by atoms with Gasteiger partial charge in [0.15, 0.2) is 5.82 Å². The summed E-state index contributed by atoms with van der Waals surface area (Å²) >= 11 is 0. The molecule has 150 valence electrons. The van der Waals surface area contributed by atoms with Gasteiger partial charge in [0.1, 0.15) is 17.0 Å². The van der Waals surface area contributed by atoms with E-state index in [0.717, 1.165) is 37.3 Å². The van der Waals surface area contributed by atoms with Crippen LogP contribution in [-0.2, 0) is 4.74 Å². The van der Waals surface area contributed by atoms with Gasteiger partial charge in [-0.1, -0.05) is 39.0 Å². The Hall–Kier alpha value is -2.04. The van der Waals surface area contributed by atoms with Gasteiger partial charge < -0.3 is 4.74 Å². The Morgan fingerprint density at radius 3 is 2.54 bits per heavy atom. The van der Waals surface area contributed by atoms with Gasteiger partial charge in [0.25, 0.3) is 0 Å². The summed E-state index contributed by atoms with van der Waals surface area (Å²) in [7, 11) is 0. The van der Waals surface area contributed by atoms with Crippen LogP contribution in [-0.4, -0.2) is 17.6 Å². The number of nitrogens with zero attached hydrogens (tertiary/aromatic N) is 1. The van der Waals surface area contributed by atoms with Gasteiger partial charge in [-0.25, -0.2) is 18.6 Å². The van der Waals surface area contributed by atoms with Gasteiger partial charge in [0.2, 0.25) is 0 Å². The molecular weight excluding hydrogens is 360 g/mol. The molecule has 28 heavy (non-hydrogen) atoms. The highest BCUT2D eigenvalue weighted by atomic mass is 19.1. The predicted octanol–water partition coefficient (Wildman–Crippen LogP) is 6.15. The molecule has 2 aromatic rings. The van der Waals surface area contributed by atoms with Crippen LogP contribution >= 0.6 is 0 Å². The van der Waals surface area contributed by atoms with Crippen LogP contribution in [0.5, 0.6) is 0 Å². The maximum atomic E-state index is 14.5. The first kappa shape index (κ1) is 19.3. The second-order valence-electron chi connectivity index (χ2n) is 8.34. The SMILES string of the molecule is CCCCOC(=O)c1cc(C2C[C@H]3CCCC[C@H]3C2)c2cc(F)cc(F)c2n1. The number of rotatable bonds is 5. The molecule has 1 aromatic carbocycles. The summed E-state index contributed by atoms with van der Waals surface area (Å²) in [5.74, 6) is -0.296. The van der Waals surface area contributed by atoms with Gasteiger partial charge in [0.05, 0.1) is 6.61 Å². The Balaban J connectivity index is 1.73. The maximum Gasteiger partial charge on any atom is 0.356 e. The van der Waals surface area contributed by atoms with Crippen LogP contribution in [0.4, 0.5) is 8.78 Å². The molecule has 3 atom stereocenters. The second kappa shape index (κ2) is 8.14.